The second-order valence-electron chi connectivity index (χ2n) is 4.58. The smallest absolute Gasteiger partial charge is 0.209 e. The number of hydrogen-bond donors (Lipinski definition) is 1. The van der Waals surface area contributed by atoms with Gasteiger partial charge in [0, 0.05) is 22.2 Å². The second kappa shape index (κ2) is 5.89. The zero-order chi connectivity index (χ0) is 14.7. The predicted octanol–water partition coefficient (Wildman–Crippen LogP) is 4.57. The van der Waals surface area contributed by atoms with Crippen LogP contribution in [-0.4, -0.2) is 16.3 Å². The minimum atomic E-state index is 0.220. The molecule has 1 aromatic heterocycles. The molecular weight excluding hydrogens is 280 g/mol. The van der Waals surface area contributed by atoms with Crippen LogP contribution in [0.3, 0.4) is 0 Å². The van der Waals surface area contributed by atoms with Gasteiger partial charge in [0.1, 0.15) is 5.75 Å². The molecule has 4 heteroatoms. The van der Waals surface area contributed by atoms with Gasteiger partial charge in [-0.05, 0) is 19.1 Å². The largest absolute Gasteiger partial charge is 0.507 e. The van der Waals surface area contributed by atoms with E-state index in [0.29, 0.717) is 10.7 Å². The van der Waals surface area contributed by atoms with Crippen molar-refractivity contribution in [3.05, 3.63) is 65.0 Å². The third-order valence-electron chi connectivity index (χ3n) is 3.08. The minimum Gasteiger partial charge on any atom is -0.507 e. The summed E-state index contributed by atoms with van der Waals surface area (Å²) in [6.45, 7) is 2.04. The van der Waals surface area contributed by atoms with E-state index in [0.717, 1.165) is 16.1 Å². The Morgan fingerprint density at radius 3 is 2.52 bits per heavy atom. The fraction of sp³-hybridized carbons (Fsp3) is 0.0588. The number of phenols is 1. The highest BCUT2D eigenvalue weighted by molar-refractivity contribution is 7.15. The van der Waals surface area contributed by atoms with Gasteiger partial charge in [0.25, 0.3) is 0 Å². The molecule has 0 fully saturated rings. The fourth-order valence-corrected chi connectivity index (χ4v) is 2.80. The summed E-state index contributed by atoms with van der Waals surface area (Å²) < 4.78 is 0. The van der Waals surface area contributed by atoms with Gasteiger partial charge in [-0.25, -0.2) is 9.98 Å². The molecule has 0 bridgehead atoms. The van der Waals surface area contributed by atoms with Crippen LogP contribution in [0.1, 0.15) is 10.4 Å². The number of nitrogens with zero attached hydrogens (tertiary/aromatic N) is 2. The Morgan fingerprint density at radius 2 is 1.76 bits per heavy atom. The van der Waals surface area contributed by atoms with Crippen molar-refractivity contribution >= 4 is 22.7 Å². The molecule has 0 saturated carbocycles. The van der Waals surface area contributed by atoms with Gasteiger partial charge < -0.3 is 5.11 Å². The number of aliphatic imine (C=N–C) groups is 1. The standard InChI is InChI=1S/C17H14N2OS/c1-12-16(13-7-3-2-4-8-13)19-17(21-12)18-11-14-9-5-6-10-15(14)20/h2-11,20H,1H3/b18-11+. The van der Waals surface area contributed by atoms with E-state index >= 15 is 0 Å². The molecule has 104 valence electrons. The number of aryl methyl sites for hydroxylation is 1. The lowest BCUT2D eigenvalue weighted by Gasteiger charge is -1.96. The van der Waals surface area contributed by atoms with Gasteiger partial charge in [-0.2, -0.15) is 0 Å². The maximum absolute atomic E-state index is 9.72. The monoisotopic (exact) mass is 294 g/mol. The van der Waals surface area contributed by atoms with Crippen molar-refractivity contribution in [1.29, 1.82) is 0 Å². The highest BCUT2D eigenvalue weighted by atomic mass is 32.1. The summed E-state index contributed by atoms with van der Waals surface area (Å²) in [4.78, 5) is 10.1. The van der Waals surface area contributed by atoms with Crippen molar-refractivity contribution in [1.82, 2.24) is 4.98 Å². The molecule has 2 aromatic carbocycles. The number of para-hydroxylation sites is 1. The lowest BCUT2D eigenvalue weighted by Crippen LogP contribution is -1.81. The van der Waals surface area contributed by atoms with Crippen LogP contribution in [0.15, 0.2) is 59.6 Å². The number of aromatic nitrogens is 1. The van der Waals surface area contributed by atoms with Crippen LogP contribution >= 0.6 is 11.3 Å². The predicted molar refractivity (Wildman–Crippen MR) is 87.6 cm³/mol. The number of phenolic OH excluding ortho intramolecular Hbond substituents is 1. The molecule has 0 aliphatic rings. The van der Waals surface area contributed by atoms with Crippen LogP contribution in [0.25, 0.3) is 11.3 Å². The fourth-order valence-electron chi connectivity index (χ4n) is 2.02. The first kappa shape index (κ1) is 13.5. The number of thiazole rings is 1. The Labute approximate surface area is 127 Å². The minimum absolute atomic E-state index is 0.220. The van der Waals surface area contributed by atoms with Crippen molar-refractivity contribution in [2.24, 2.45) is 4.99 Å². The first-order chi connectivity index (χ1) is 10.2. The number of benzene rings is 2. The molecule has 0 saturated heterocycles. The molecule has 1 heterocycles. The summed E-state index contributed by atoms with van der Waals surface area (Å²) >= 11 is 1.54. The van der Waals surface area contributed by atoms with Gasteiger partial charge in [-0.3, -0.25) is 0 Å². The molecule has 0 atom stereocenters. The third-order valence-corrected chi connectivity index (χ3v) is 3.96. The second-order valence-corrected chi connectivity index (χ2v) is 5.77. The molecule has 0 radical (unpaired) electrons. The Bertz CT molecular complexity index is 778. The van der Waals surface area contributed by atoms with Gasteiger partial charge in [0.05, 0.1) is 5.69 Å². The molecule has 3 rings (SSSR count). The van der Waals surface area contributed by atoms with Crippen molar-refractivity contribution in [3.63, 3.8) is 0 Å². The van der Waals surface area contributed by atoms with Gasteiger partial charge in [-0.1, -0.05) is 53.8 Å². The number of hydrogen-bond acceptors (Lipinski definition) is 4. The molecule has 0 unspecified atom stereocenters. The van der Waals surface area contributed by atoms with Crippen LogP contribution in [-0.2, 0) is 0 Å². The summed E-state index contributed by atoms with van der Waals surface area (Å²) in [6, 6.07) is 17.2. The Balaban J connectivity index is 1.90. The van der Waals surface area contributed by atoms with Crippen molar-refractivity contribution in [3.8, 4) is 17.0 Å². The number of rotatable bonds is 3. The molecule has 0 amide bonds. The van der Waals surface area contributed by atoms with Gasteiger partial charge in [0.2, 0.25) is 5.13 Å². The maximum Gasteiger partial charge on any atom is 0.209 e. The molecule has 21 heavy (non-hydrogen) atoms. The lowest BCUT2D eigenvalue weighted by atomic mass is 10.1. The van der Waals surface area contributed by atoms with Crippen molar-refractivity contribution in [2.45, 2.75) is 6.92 Å². The van der Waals surface area contributed by atoms with E-state index in [9.17, 15) is 5.11 Å². The average Bonchev–Trinajstić information content (AvgIpc) is 2.88. The molecule has 3 aromatic rings. The average molecular weight is 294 g/mol. The van der Waals surface area contributed by atoms with Gasteiger partial charge in [-0.15, -0.1) is 0 Å². The summed E-state index contributed by atoms with van der Waals surface area (Å²) in [7, 11) is 0. The summed E-state index contributed by atoms with van der Waals surface area (Å²) in [5, 5.41) is 10.4. The molecule has 0 aliphatic carbocycles. The van der Waals surface area contributed by atoms with Crippen molar-refractivity contribution in [2.75, 3.05) is 0 Å². The molecular formula is C17H14N2OS. The lowest BCUT2D eigenvalue weighted by molar-refractivity contribution is 0.474. The van der Waals surface area contributed by atoms with Crippen LogP contribution in [0.2, 0.25) is 0 Å². The SMILES string of the molecule is Cc1sc(/N=C/c2ccccc2O)nc1-c1ccccc1. The van der Waals surface area contributed by atoms with E-state index in [2.05, 4.69) is 9.98 Å². The number of aromatic hydroxyl groups is 1. The van der Waals surface area contributed by atoms with Gasteiger partial charge >= 0.3 is 0 Å². The van der Waals surface area contributed by atoms with Crippen LogP contribution in [0.4, 0.5) is 5.13 Å². The van der Waals surface area contributed by atoms with Crippen LogP contribution in [0.5, 0.6) is 5.75 Å². The first-order valence-electron chi connectivity index (χ1n) is 6.59. The van der Waals surface area contributed by atoms with E-state index in [1.54, 1.807) is 29.7 Å². The first-order valence-corrected chi connectivity index (χ1v) is 7.40. The van der Waals surface area contributed by atoms with Gasteiger partial charge in [0.15, 0.2) is 0 Å². The Morgan fingerprint density at radius 1 is 1.05 bits per heavy atom. The third kappa shape index (κ3) is 3.01. The van der Waals surface area contributed by atoms with Crippen LogP contribution < -0.4 is 0 Å². The van der Waals surface area contributed by atoms with E-state index in [-0.39, 0.29) is 5.75 Å². The van der Waals surface area contributed by atoms with Crippen LogP contribution in [0, 0.1) is 6.92 Å². The zero-order valence-electron chi connectivity index (χ0n) is 11.5. The summed E-state index contributed by atoms with van der Waals surface area (Å²) in [5.74, 6) is 0.220. The topological polar surface area (TPSA) is 45.5 Å². The van der Waals surface area contributed by atoms with E-state index < -0.39 is 0 Å². The van der Waals surface area contributed by atoms with E-state index in [4.69, 9.17) is 0 Å². The molecule has 3 nitrogen and oxygen atoms in total. The normalized spacial score (nSPS) is 11.1. The summed E-state index contributed by atoms with van der Waals surface area (Å²) in [6.07, 6.45) is 1.64. The molecule has 0 spiro atoms. The molecule has 1 N–H and O–H groups in total. The molecule has 0 aliphatic heterocycles. The highest BCUT2D eigenvalue weighted by Gasteiger charge is 2.08. The highest BCUT2D eigenvalue weighted by Crippen LogP contribution is 2.31. The van der Waals surface area contributed by atoms with Crippen molar-refractivity contribution < 1.29 is 5.11 Å². The quantitative estimate of drug-likeness (QED) is 0.719. The van der Waals surface area contributed by atoms with E-state index in [1.807, 2.05) is 49.4 Å². The Kier molecular flexibility index (Phi) is 3.79. The summed E-state index contributed by atoms with van der Waals surface area (Å²) in [5.41, 5.74) is 2.74. The maximum atomic E-state index is 9.72. The Hall–Kier alpha value is -2.46. The van der Waals surface area contributed by atoms with E-state index in [1.165, 1.54) is 0 Å². The zero-order valence-corrected chi connectivity index (χ0v) is 12.3.